The number of amides is 1. The molecular weight excluding hydrogens is 374 g/mol. The summed E-state index contributed by atoms with van der Waals surface area (Å²) in [5, 5.41) is 25.8. The Labute approximate surface area is 175 Å². The first-order valence-corrected chi connectivity index (χ1v) is 9.52. The van der Waals surface area contributed by atoms with Gasteiger partial charge in [0.05, 0.1) is 24.7 Å². The van der Waals surface area contributed by atoms with E-state index in [2.05, 4.69) is 16.5 Å². The highest BCUT2D eigenvalue weighted by Crippen LogP contribution is 2.24. The van der Waals surface area contributed by atoms with Crippen molar-refractivity contribution in [1.29, 1.82) is 10.5 Å². The molecule has 1 aromatic heterocycles. The lowest BCUT2D eigenvalue weighted by Crippen LogP contribution is -2.13. The van der Waals surface area contributed by atoms with Crippen molar-refractivity contribution in [2.24, 2.45) is 0 Å². The third kappa shape index (κ3) is 4.81. The Bertz CT molecular complexity index is 1180. The Morgan fingerprint density at radius 3 is 2.57 bits per heavy atom. The molecular formula is C24H21N5O. The summed E-state index contributed by atoms with van der Waals surface area (Å²) >= 11 is 0. The summed E-state index contributed by atoms with van der Waals surface area (Å²) in [7, 11) is 0. The lowest BCUT2D eigenvalue weighted by atomic mass is 10.1. The van der Waals surface area contributed by atoms with Crippen LogP contribution in [0.15, 0.2) is 60.3 Å². The summed E-state index contributed by atoms with van der Waals surface area (Å²) in [4.78, 5) is 12.7. The summed E-state index contributed by atoms with van der Waals surface area (Å²) in [5.74, 6) is -0.482. The maximum absolute atomic E-state index is 12.7. The predicted molar refractivity (Wildman–Crippen MR) is 116 cm³/mol. The fourth-order valence-electron chi connectivity index (χ4n) is 2.96. The van der Waals surface area contributed by atoms with Crippen molar-refractivity contribution in [2.75, 3.05) is 5.32 Å². The molecule has 0 aliphatic carbocycles. The van der Waals surface area contributed by atoms with Crippen molar-refractivity contribution in [3.63, 3.8) is 0 Å². The molecule has 6 heteroatoms. The van der Waals surface area contributed by atoms with Crippen LogP contribution in [0.2, 0.25) is 0 Å². The Balaban J connectivity index is 1.94. The molecule has 0 spiro atoms. The van der Waals surface area contributed by atoms with Gasteiger partial charge in [0.15, 0.2) is 0 Å². The highest BCUT2D eigenvalue weighted by Gasteiger charge is 2.15. The SMILES string of the molecule is Cc1ccc(NC(=O)/C(C#N)=C/c2cn(CCC#N)nc2-c2ccccc2)cc1C. The smallest absolute Gasteiger partial charge is 0.266 e. The van der Waals surface area contributed by atoms with Crippen molar-refractivity contribution < 1.29 is 4.79 Å². The first kappa shape index (κ1) is 20.6. The number of hydrogen-bond acceptors (Lipinski definition) is 4. The minimum atomic E-state index is -0.482. The minimum Gasteiger partial charge on any atom is -0.321 e. The molecule has 0 radical (unpaired) electrons. The molecule has 1 amide bonds. The minimum absolute atomic E-state index is 0.0229. The van der Waals surface area contributed by atoms with E-state index in [1.54, 1.807) is 10.9 Å². The van der Waals surface area contributed by atoms with E-state index in [0.717, 1.165) is 16.7 Å². The molecule has 2 aromatic carbocycles. The van der Waals surface area contributed by atoms with Crippen LogP contribution in [0.25, 0.3) is 17.3 Å². The van der Waals surface area contributed by atoms with E-state index in [9.17, 15) is 10.1 Å². The summed E-state index contributed by atoms with van der Waals surface area (Å²) in [6.07, 6.45) is 3.60. The molecule has 30 heavy (non-hydrogen) atoms. The number of aromatic nitrogens is 2. The maximum Gasteiger partial charge on any atom is 0.266 e. The summed E-state index contributed by atoms with van der Waals surface area (Å²) in [6, 6.07) is 19.2. The lowest BCUT2D eigenvalue weighted by Gasteiger charge is -2.07. The van der Waals surface area contributed by atoms with E-state index < -0.39 is 5.91 Å². The van der Waals surface area contributed by atoms with E-state index in [-0.39, 0.29) is 5.57 Å². The van der Waals surface area contributed by atoms with Gasteiger partial charge in [-0.3, -0.25) is 9.48 Å². The molecule has 0 fully saturated rings. The molecule has 3 rings (SSSR count). The predicted octanol–water partition coefficient (Wildman–Crippen LogP) is 4.63. The number of anilines is 1. The van der Waals surface area contributed by atoms with Gasteiger partial charge < -0.3 is 5.32 Å². The van der Waals surface area contributed by atoms with Crippen LogP contribution in [0, 0.1) is 36.5 Å². The van der Waals surface area contributed by atoms with Gasteiger partial charge in [-0.05, 0) is 43.2 Å². The van der Waals surface area contributed by atoms with Gasteiger partial charge in [0.2, 0.25) is 0 Å². The molecule has 1 N–H and O–H groups in total. The quantitative estimate of drug-likeness (QED) is 0.486. The molecule has 0 atom stereocenters. The molecule has 0 aliphatic heterocycles. The topological polar surface area (TPSA) is 94.5 Å². The second-order valence-corrected chi connectivity index (χ2v) is 6.89. The number of carbonyl (C=O) groups is 1. The Morgan fingerprint density at radius 2 is 1.90 bits per heavy atom. The van der Waals surface area contributed by atoms with Gasteiger partial charge in [-0.2, -0.15) is 15.6 Å². The molecule has 0 saturated heterocycles. The Morgan fingerprint density at radius 1 is 1.13 bits per heavy atom. The summed E-state index contributed by atoms with van der Waals surface area (Å²) < 4.78 is 1.66. The largest absolute Gasteiger partial charge is 0.321 e. The average molecular weight is 395 g/mol. The number of benzene rings is 2. The number of nitriles is 2. The van der Waals surface area contributed by atoms with Crippen LogP contribution in [0.5, 0.6) is 0 Å². The zero-order valence-corrected chi connectivity index (χ0v) is 16.9. The van der Waals surface area contributed by atoms with Crippen molar-refractivity contribution in [3.05, 3.63) is 77.0 Å². The number of nitrogens with zero attached hydrogens (tertiary/aromatic N) is 4. The van der Waals surface area contributed by atoms with Crippen LogP contribution in [0.3, 0.4) is 0 Å². The average Bonchev–Trinajstić information content (AvgIpc) is 3.16. The van der Waals surface area contributed by atoms with Crippen molar-refractivity contribution in [2.45, 2.75) is 26.8 Å². The van der Waals surface area contributed by atoms with E-state index in [1.807, 2.05) is 68.4 Å². The number of aryl methyl sites for hydroxylation is 3. The third-order valence-electron chi connectivity index (χ3n) is 4.72. The van der Waals surface area contributed by atoms with Gasteiger partial charge in [0, 0.05) is 23.0 Å². The second-order valence-electron chi connectivity index (χ2n) is 6.89. The van der Waals surface area contributed by atoms with E-state index in [1.165, 1.54) is 6.08 Å². The first-order valence-electron chi connectivity index (χ1n) is 9.52. The van der Waals surface area contributed by atoms with Crippen LogP contribution < -0.4 is 5.32 Å². The number of nitrogens with one attached hydrogen (secondary N) is 1. The summed E-state index contributed by atoms with van der Waals surface area (Å²) in [5.41, 5.74) is 4.96. The fraction of sp³-hybridized carbons (Fsp3) is 0.167. The van der Waals surface area contributed by atoms with Crippen molar-refractivity contribution in [1.82, 2.24) is 9.78 Å². The number of hydrogen-bond donors (Lipinski definition) is 1. The Kier molecular flexibility index (Phi) is 6.42. The maximum atomic E-state index is 12.7. The van der Waals surface area contributed by atoms with Gasteiger partial charge in [0.25, 0.3) is 5.91 Å². The number of rotatable bonds is 6. The van der Waals surface area contributed by atoms with Gasteiger partial charge >= 0.3 is 0 Å². The van der Waals surface area contributed by atoms with E-state index >= 15 is 0 Å². The number of carbonyl (C=O) groups excluding carboxylic acids is 1. The van der Waals surface area contributed by atoms with E-state index in [4.69, 9.17) is 5.26 Å². The first-order chi connectivity index (χ1) is 14.5. The van der Waals surface area contributed by atoms with Crippen LogP contribution in [-0.4, -0.2) is 15.7 Å². The highest BCUT2D eigenvalue weighted by atomic mass is 16.1. The van der Waals surface area contributed by atoms with Crippen molar-refractivity contribution >= 4 is 17.7 Å². The Hall–Kier alpha value is -4.16. The molecule has 0 unspecified atom stereocenters. The van der Waals surface area contributed by atoms with Gasteiger partial charge in [-0.1, -0.05) is 36.4 Å². The molecule has 6 nitrogen and oxygen atoms in total. The third-order valence-corrected chi connectivity index (χ3v) is 4.72. The van der Waals surface area contributed by atoms with Crippen LogP contribution in [-0.2, 0) is 11.3 Å². The van der Waals surface area contributed by atoms with Gasteiger partial charge in [-0.15, -0.1) is 0 Å². The zero-order valence-electron chi connectivity index (χ0n) is 16.9. The molecule has 0 aliphatic rings. The monoisotopic (exact) mass is 395 g/mol. The molecule has 0 bridgehead atoms. The van der Waals surface area contributed by atoms with Crippen LogP contribution >= 0.6 is 0 Å². The molecule has 3 aromatic rings. The molecule has 1 heterocycles. The fourth-order valence-corrected chi connectivity index (χ4v) is 2.96. The highest BCUT2D eigenvalue weighted by molar-refractivity contribution is 6.10. The zero-order chi connectivity index (χ0) is 21.5. The standard InChI is InChI=1S/C24H21N5O/c1-17-9-10-22(13-18(17)2)27-24(30)20(15-26)14-21-16-29(12-6-11-25)28-23(21)19-7-4-3-5-8-19/h3-5,7-10,13-14,16H,6,12H2,1-2H3,(H,27,30)/b20-14+. The normalized spacial score (nSPS) is 10.9. The van der Waals surface area contributed by atoms with E-state index in [0.29, 0.717) is 29.9 Å². The van der Waals surface area contributed by atoms with Gasteiger partial charge in [-0.25, -0.2) is 0 Å². The second kappa shape index (κ2) is 9.36. The molecule has 148 valence electrons. The van der Waals surface area contributed by atoms with Crippen LogP contribution in [0.1, 0.15) is 23.1 Å². The molecule has 0 saturated carbocycles. The summed E-state index contributed by atoms with van der Waals surface area (Å²) in [6.45, 7) is 4.39. The van der Waals surface area contributed by atoms with Crippen LogP contribution in [0.4, 0.5) is 5.69 Å². The lowest BCUT2D eigenvalue weighted by molar-refractivity contribution is -0.112. The van der Waals surface area contributed by atoms with Crippen molar-refractivity contribution in [3.8, 4) is 23.4 Å². The van der Waals surface area contributed by atoms with Gasteiger partial charge in [0.1, 0.15) is 11.6 Å².